The molecule has 1 fully saturated rings. The molecule has 2 aromatic carbocycles. The van der Waals surface area contributed by atoms with Crippen molar-refractivity contribution in [2.75, 3.05) is 25.0 Å². The molecule has 2 N–H and O–H groups in total. The number of anilines is 1. The number of nitrogens with one attached hydrogen (secondary N) is 2. The predicted molar refractivity (Wildman–Crippen MR) is 113 cm³/mol. The fourth-order valence-corrected chi connectivity index (χ4v) is 3.48. The quantitative estimate of drug-likeness (QED) is 0.749. The van der Waals surface area contributed by atoms with Crippen LogP contribution in [0.4, 0.5) is 10.5 Å². The Hall–Kier alpha value is -2.86. The van der Waals surface area contributed by atoms with Crippen LogP contribution in [0.3, 0.4) is 0 Å². The van der Waals surface area contributed by atoms with Gasteiger partial charge in [-0.1, -0.05) is 42.5 Å². The zero-order chi connectivity index (χ0) is 20.5. The fourth-order valence-electron chi connectivity index (χ4n) is 3.48. The SMILES string of the molecule is CCOCc1ccccc1CNC(=O)C1CCN(C(=O)Nc2ccccc2)CC1. The lowest BCUT2D eigenvalue weighted by atomic mass is 9.96. The van der Waals surface area contributed by atoms with E-state index in [1.54, 1.807) is 4.90 Å². The van der Waals surface area contributed by atoms with Gasteiger partial charge in [0.25, 0.3) is 0 Å². The van der Waals surface area contributed by atoms with Gasteiger partial charge < -0.3 is 20.3 Å². The summed E-state index contributed by atoms with van der Waals surface area (Å²) in [4.78, 5) is 26.8. The third kappa shape index (κ3) is 6.06. The molecule has 2 aromatic rings. The maximum absolute atomic E-state index is 12.6. The highest BCUT2D eigenvalue weighted by atomic mass is 16.5. The van der Waals surface area contributed by atoms with Crippen LogP contribution in [0.15, 0.2) is 54.6 Å². The second-order valence-electron chi connectivity index (χ2n) is 7.18. The average Bonchev–Trinajstić information content (AvgIpc) is 2.77. The van der Waals surface area contributed by atoms with Gasteiger partial charge in [0.15, 0.2) is 0 Å². The standard InChI is InChI=1S/C23H29N3O3/c1-2-29-17-20-9-7-6-8-19(20)16-24-22(27)18-12-14-26(15-13-18)23(28)25-21-10-4-3-5-11-21/h3-11,18H,2,12-17H2,1H3,(H,24,27)(H,25,28). The van der Waals surface area contributed by atoms with E-state index < -0.39 is 0 Å². The Bertz CT molecular complexity index is 802. The summed E-state index contributed by atoms with van der Waals surface area (Å²) in [6.45, 7) is 4.84. The molecule has 0 aliphatic carbocycles. The zero-order valence-corrected chi connectivity index (χ0v) is 16.9. The summed E-state index contributed by atoms with van der Waals surface area (Å²) in [6, 6.07) is 17.3. The molecule has 1 aliphatic rings. The Balaban J connectivity index is 1.45. The number of hydrogen-bond acceptors (Lipinski definition) is 3. The lowest BCUT2D eigenvalue weighted by Gasteiger charge is -2.31. The van der Waals surface area contributed by atoms with E-state index in [2.05, 4.69) is 10.6 Å². The van der Waals surface area contributed by atoms with Crippen molar-refractivity contribution < 1.29 is 14.3 Å². The fraction of sp³-hybridized carbons (Fsp3) is 0.391. The Labute approximate surface area is 172 Å². The summed E-state index contributed by atoms with van der Waals surface area (Å²) >= 11 is 0. The molecule has 1 aliphatic heterocycles. The van der Waals surface area contributed by atoms with Crippen LogP contribution in [-0.2, 0) is 22.7 Å². The molecular formula is C23H29N3O3. The molecule has 3 rings (SSSR count). The van der Waals surface area contributed by atoms with Crippen molar-refractivity contribution in [3.63, 3.8) is 0 Å². The van der Waals surface area contributed by atoms with E-state index in [1.165, 1.54) is 0 Å². The van der Waals surface area contributed by atoms with Crippen molar-refractivity contribution in [3.05, 3.63) is 65.7 Å². The monoisotopic (exact) mass is 395 g/mol. The van der Waals surface area contributed by atoms with Crippen molar-refractivity contribution in [1.82, 2.24) is 10.2 Å². The molecule has 0 unspecified atom stereocenters. The van der Waals surface area contributed by atoms with Gasteiger partial charge in [-0.3, -0.25) is 4.79 Å². The maximum atomic E-state index is 12.6. The number of rotatable bonds is 7. The first kappa shape index (κ1) is 20.9. The van der Waals surface area contributed by atoms with Crippen LogP contribution >= 0.6 is 0 Å². The molecule has 0 atom stereocenters. The van der Waals surface area contributed by atoms with Crippen molar-refractivity contribution in [3.8, 4) is 0 Å². The van der Waals surface area contributed by atoms with Gasteiger partial charge in [-0.2, -0.15) is 0 Å². The second-order valence-corrected chi connectivity index (χ2v) is 7.18. The van der Waals surface area contributed by atoms with Crippen LogP contribution in [0.5, 0.6) is 0 Å². The number of hydrogen-bond donors (Lipinski definition) is 2. The van der Waals surface area contributed by atoms with Gasteiger partial charge in [0.05, 0.1) is 6.61 Å². The number of amides is 3. The molecule has 0 bridgehead atoms. The van der Waals surface area contributed by atoms with Gasteiger partial charge in [-0.25, -0.2) is 4.79 Å². The highest BCUT2D eigenvalue weighted by molar-refractivity contribution is 5.89. The van der Waals surface area contributed by atoms with E-state index in [9.17, 15) is 9.59 Å². The highest BCUT2D eigenvalue weighted by Gasteiger charge is 2.27. The lowest BCUT2D eigenvalue weighted by Crippen LogP contribution is -2.44. The summed E-state index contributed by atoms with van der Waals surface area (Å²) < 4.78 is 5.50. The average molecular weight is 396 g/mol. The number of para-hydroxylation sites is 1. The molecular weight excluding hydrogens is 366 g/mol. The minimum atomic E-state index is -0.111. The van der Waals surface area contributed by atoms with Crippen molar-refractivity contribution in [2.45, 2.75) is 32.9 Å². The lowest BCUT2D eigenvalue weighted by molar-refractivity contribution is -0.126. The summed E-state index contributed by atoms with van der Waals surface area (Å²) in [5, 5.41) is 5.96. The number of likely N-dealkylation sites (tertiary alicyclic amines) is 1. The highest BCUT2D eigenvalue weighted by Crippen LogP contribution is 2.19. The maximum Gasteiger partial charge on any atom is 0.321 e. The molecule has 154 valence electrons. The Morgan fingerprint density at radius 3 is 2.34 bits per heavy atom. The van der Waals surface area contributed by atoms with E-state index in [-0.39, 0.29) is 17.9 Å². The van der Waals surface area contributed by atoms with Crippen molar-refractivity contribution in [2.24, 2.45) is 5.92 Å². The largest absolute Gasteiger partial charge is 0.377 e. The summed E-state index contributed by atoms with van der Waals surface area (Å²) in [5.41, 5.74) is 2.96. The summed E-state index contributed by atoms with van der Waals surface area (Å²) in [6.07, 6.45) is 1.35. The first-order valence-electron chi connectivity index (χ1n) is 10.2. The van der Waals surface area contributed by atoms with Crippen molar-refractivity contribution >= 4 is 17.6 Å². The van der Waals surface area contributed by atoms with Crippen LogP contribution < -0.4 is 10.6 Å². The molecule has 6 heteroatoms. The van der Waals surface area contributed by atoms with E-state index >= 15 is 0 Å². The molecule has 0 aromatic heterocycles. The number of ether oxygens (including phenoxy) is 1. The molecule has 29 heavy (non-hydrogen) atoms. The van der Waals surface area contributed by atoms with E-state index in [4.69, 9.17) is 4.74 Å². The first-order chi connectivity index (χ1) is 14.2. The van der Waals surface area contributed by atoms with Crippen LogP contribution in [0.25, 0.3) is 0 Å². The van der Waals surface area contributed by atoms with E-state index in [0.717, 1.165) is 16.8 Å². The third-order valence-electron chi connectivity index (χ3n) is 5.21. The molecule has 0 saturated carbocycles. The number of carbonyl (C=O) groups is 2. The number of urea groups is 1. The van der Waals surface area contributed by atoms with Crippen LogP contribution in [0, 0.1) is 5.92 Å². The van der Waals surface area contributed by atoms with Crippen LogP contribution in [0.2, 0.25) is 0 Å². The smallest absolute Gasteiger partial charge is 0.321 e. The van der Waals surface area contributed by atoms with Gasteiger partial charge in [0.2, 0.25) is 5.91 Å². The second kappa shape index (κ2) is 10.6. The topological polar surface area (TPSA) is 70.7 Å². The van der Waals surface area contributed by atoms with Gasteiger partial charge in [0, 0.05) is 37.8 Å². The molecule has 1 heterocycles. The predicted octanol–water partition coefficient (Wildman–Crippen LogP) is 3.78. The molecule has 0 radical (unpaired) electrons. The number of carbonyl (C=O) groups excluding carboxylic acids is 2. The van der Waals surface area contributed by atoms with E-state index in [0.29, 0.717) is 45.7 Å². The molecule has 0 spiro atoms. The Kier molecular flexibility index (Phi) is 7.64. The Morgan fingerprint density at radius 2 is 1.66 bits per heavy atom. The molecule has 3 amide bonds. The van der Waals surface area contributed by atoms with Gasteiger partial charge in [0.1, 0.15) is 0 Å². The van der Waals surface area contributed by atoms with Gasteiger partial charge >= 0.3 is 6.03 Å². The number of benzene rings is 2. The van der Waals surface area contributed by atoms with Crippen LogP contribution in [0.1, 0.15) is 30.9 Å². The zero-order valence-electron chi connectivity index (χ0n) is 16.9. The third-order valence-corrected chi connectivity index (χ3v) is 5.21. The van der Waals surface area contributed by atoms with E-state index in [1.807, 2.05) is 61.5 Å². The first-order valence-corrected chi connectivity index (χ1v) is 10.2. The number of piperidine rings is 1. The van der Waals surface area contributed by atoms with Crippen molar-refractivity contribution in [1.29, 1.82) is 0 Å². The summed E-state index contributed by atoms with van der Waals surface area (Å²) in [7, 11) is 0. The summed E-state index contributed by atoms with van der Waals surface area (Å²) in [5.74, 6) is -0.00541. The molecule has 1 saturated heterocycles. The van der Waals surface area contributed by atoms with Crippen LogP contribution in [-0.4, -0.2) is 36.5 Å². The van der Waals surface area contributed by atoms with Gasteiger partial charge in [-0.05, 0) is 43.0 Å². The Morgan fingerprint density at radius 1 is 1.00 bits per heavy atom. The van der Waals surface area contributed by atoms with Gasteiger partial charge in [-0.15, -0.1) is 0 Å². The minimum Gasteiger partial charge on any atom is -0.377 e. The normalized spacial score (nSPS) is 14.4. The molecule has 6 nitrogen and oxygen atoms in total. The minimum absolute atomic E-state index is 0.0549. The number of nitrogens with zero attached hydrogens (tertiary/aromatic N) is 1.